The van der Waals surface area contributed by atoms with E-state index in [0.717, 1.165) is 22.9 Å². The van der Waals surface area contributed by atoms with Crippen molar-refractivity contribution in [1.82, 2.24) is 5.32 Å². The molecule has 0 saturated heterocycles. The van der Waals surface area contributed by atoms with Gasteiger partial charge in [0.1, 0.15) is 11.6 Å². The third kappa shape index (κ3) is 4.87. The van der Waals surface area contributed by atoms with Gasteiger partial charge in [-0.1, -0.05) is 12.1 Å². The minimum absolute atomic E-state index is 0.202. The maximum Gasteiger partial charge on any atom is 0.123 e. The monoisotopic (exact) mass is 291 g/mol. The lowest BCUT2D eigenvalue weighted by atomic mass is 10.2. The van der Waals surface area contributed by atoms with E-state index in [9.17, 15) is 4.39 Å². The van der Waals surface area contributed by atoms with Crippen molar-refractivity contribution >= 4 is 11.8 Å². The van der Waals surface area contributed by atoms with E-state index >= 15 is 0 Å². The summed E-state index contributed by atoms with van der Waals surface area (Å²) in [4.78, 5) is 1.05. The quantitative estimate of drug-likeness (QED) is 0.620. The lowest BCUT2D eigenvalue weighted by Gasteiger charge is -2.08. The van der Waals surface area contributed by atoms with Gasteiger partial charge < -0.3 is 10.1 Å². The Hall–Kier alpha value is -1.52. The van der Waals surface area contributed by atoms with Crippen molar-refractivity contribution in [3.8, 4) is 5.75 Å². The van der Waals surface area contributed by atoms with Gasteiger partial charge in [-0.3, -0.25) is 0 Å². The van der Waals surface area contributed by atoms with Gasteiger partial charge in [0.25, 0.3) is 0 Å². The van der Waals surface area contributed by atoms with Gasteiger partial charge in [0.15, 0.2) is 0 Å². The number of thioether (sulfide) groups is 1. The highest BCUT2D eigenvalue weighted by molar-refractivity contribution is 7.99. The molecule has 0 aromatic heterocycles. The zero-order chi connectivity index (χ0) is 14.2. The van der Waals surface area contributed by atoms with Crippen LogP contribution in [-0.4, -0.2) is 19.4 Å². The fourth-order valence-electron chi connectivity index (χ4n) is 1.80. The van der Waals surface area contributed by atoms with Gasteiger partial charge in [-0.2, -0.15) is 0 Å². The largest absolute Gasteiger partial charge is 0.493 e. The molecule has 0 aliphatic heterocycles. The molecule has 2 rings (SSSR count). The molecule has 2 aromatic rings. The van der Waals surface area contributed by atoms with Crippen molar-refractivity contribution in [2.24, 2.45) is 0 Å². The molecule has 20 heavy (non-hydrogen) atoms. The van der Waals surface area contributed by atoms with Crippen LogP contribution >= 0.6 is 11.8 Å². The minimum Gasteiger partial charge on any atom is -0.493 e. The zero-order valence-electron chi connectivity index (χ0n) is 11.4. The molecule has 0 amide bonds. The second-order valence-corrected chi connectivity index (χ2v) is 5.50. The summed E-state index contributed by atoms with van der Waals surface area (Å²) in [5.41, 5.74) is 1.20. The molecule has 2 aromatic carbocycles. The molecule has 4 heteroatoms. The normalized spacial score (nSPS) is 10.5. The lowest BCUT2D eigenvalue weighted by Crippen LogP contribution is -2.05. The highest BCUT2D eigenvalue weighted by Crippen LogP contribution is 2.19. The summed E-state index contributed by atoms with van der Waals surface area (Å²) in [7, 11) is 1.92. The first-order valence-corrected chi connectivity index (χ1v) is 7.51. The molecule has 1 N–H and O–H groups in total. The lowest BCUT2D eigenvalue weighted by molar-refractivity contribution is 0.343. The van der Waals surface area contributed by atoms with Gasteiger partial charge >= 0.3 is 0 Å². The second kappa shape index (κ2) is 7.92. The van der Waals surface area contributed by atoms with Gasteiger partial charge in [-0.15, -0.1) is 11.8 Å². The summed E-state index contributed by atoms with van der Waals surface area (Å²) in [6.45, 7) is 1.46. The van der Waals surface area contributed by atoms with Gasteiger partial charge in [0.05, 0.1) is 6.61 Å². The van der Waals surface area contributed by atoms with Crippen LogP contribution in [0.2, 0.25) is 0 Å². The van der Waals surface area contributed by atoms with E-state index in [1.54, 1.807) is 23.9 Å². The van der Waals surface area contributed by atoms with E-state index in [-0.39, 0.29) is 5.82 Å². The van der Waals surface area contributed by atoms with Gasteiger partial charge in [0, 0.05) is 17.2 Å². The second-order valence-electron chi connectivity index (χ2n) is 4.33. The van der Waals surface area contributed by atoms with Crippen molar-refractivity contribution in [2.75, 3.05) is 19.4 Å². The SMILES string of the molecule is CNCc1cccc(OCCSc2ccc(F)cc2)c1. The number of halogens is 1. The highest BCUT2D eigenvalue weighted by Gasteiger charge is 1.98. The van der Waals surface area contributed by atoms with Crippen molar-refractivity contribution < 1.29 is 9.13 Å². The van der Waals surface area contributed by atoms with E-state index in [4.69, 9.17) is 4.74 Å². The minimum atomic E-state index is -0.202. The Kier molecular flexibility index (Phi) is 5.89. The van der Waals surface area contributed by atoms with Crippen LogP contribution in [0, 0.1) is 5.82 Å². The molecular formula is C16H18FNOS. The van der Waals surface area contributed by atoms with Crippen molar-refractivity contribution in [2.45, 2.75) is 11.4 Å². The maximum absolute atomic E-state index is 12.8. The Labute approximate surface area is 123 Å². The molecule has 0 aliphatic carbocycles. The van der Waals surface area contributed by atoms with Crippen molar-refractivity contribution in [3.05, 3.63) is 59.9 Å². The average Bonchev–Trinajstić information content (AvgIpc) is 2.46. The molecule has 0 radical (unpaired) electrons. The van der Waals surface area contributed by atoms with Crippen LogP contribution < -0.4 is 10.1 Å². The fraction of sp³-hybridized carbons (Fsp3) is 0.250. The highest BCUT2D eigenvalue weighted by atomic mass is 32.2. The summed E-state index contributed by atoms with van der Waals surface area (Å²) < 4.78 is 18.5. The standard InChI is InChI=1S/C16H18FNOS/c1-18-12-13-3-2-4-15(11-13)19-9-10-20-16-7-5-14(17)6-8-16/h2-8,11,18H,9-10,12H2,1H3. The Bertz CT molecular complexity index is 530. The van der Waals surface area contributed by atoms with Crippen LogP contribution in [-0.2, 0) is 6.54 Å². The predicted octanol–water partition coefficient (Wildman–Crippen LogP) is 3.72. The van der Waals surface area contributed by atoms with Crippen LogP contribution in [0.15, 0.2) is 53.4 Å². The molecule has 0 spiro atoms. The molecular weight excluding hydrogens is 273 g/mol. The molecule has 0 saturated carbocycles. The van der Waals surface area contributed by atoms with Crippen LogP contribution in [0.25, 0.3) is 0 Å². The number of nitrogens with one attached hydrogen (secondary N) is 1. The molecule has 0 fully saturated rings. The smallest absolute Gasteiger partial charge is 0.123 e. The van der Waals surface area contributed by atoms with Crippen molar-refractivity contribution in [1.29, 1.82) is 0 Å². The molecule has 0 unspecified atom stereocenters. The van der Waals surface area contributed by atoms with Crippen molar-refractivity contribution in [3.63, 3.8) is 0 Å². The number of rotatable bonds is 7. The van der Waals surface area contributed by atoms with Crippen LogP contribution in [0.4, 0.5) is 4.39 Å². The average molecular weight is 291 g/mol. The summed E-state index contributed by atoms with van der Waals surface area (Å²) in [6.07, 6.45) is 0. The predicted molar refractivity (Wildman–Crippen MR) is 81.8 cm³/mol. The van der Waals surface area contributed by atoms with E-state index < -0.39 is 0 Å². The van der Waals surface area contributed by atoms with E-state index in [1.807, 2.05) is 25.2 Å². The number of benzene rings is 2. The van der Waals surface area contributed by atoms with Crippen LogP contribution in [0.1, 0.15) is 5.56 Å². The van der Waals surface area contributed by atoms with Gasteiger partial charge in [-0.25, -0.2) is 4.39 Å². The van der Waals surface area contributed by atoms with Gasteiger partial charge in [-0.05, 0) is 49.0 Å². The Morgan fingerprint density at radius 1 is 1.15 bits per heavy atom. The summed E-state index contributed by atoms with van der Waals surface area (Å²) in [5.74, 6) is 1.52. The molecule has 2 nitrogen and oxygen atoms in total. The van der Waals surface area contributed by atoms with Crippen LogP contribution in [0.3, 0.4) is 0 Å². The number of ether oxygens (including phenoxy) is 1. The first-order chi connectivity index (χ1) is 9.78. The van der Waals surface area contributed by atoms with Crippen LogP contribution in [0.5, 0.6) is 5.75 Å². The summed E-state index contributed by atoms with van der Waals surface area (Å²) in [6, 6.07) is 14.6. The van der Waals surface area contributed by atoms with E-state index in [1.165, 1.54) is 17.7 Å². The molecule has 0 heterocycles. The number of hydrogen-bond donors (Lipinski definition) is 1. The Morgan fingerprint density at radius 3 is 2.70 bits per heavy atom. The first-order valence-electron chi connectivity index (χ1n) is 6.52. The maximum atomic E-state index is 12.8. The summed E-state index contributed by atoms with van der Waals surface area (Å²) >= 11 is 1.66. The molecule has 106 valence electrons. The topological polar surface area (TPSA) is 21.3 Å². The fourth-order valence-corrected chi connectivity index (χ4v) is 2.53. The zero-order valence-corrected chi connectivity index (χ0v) is 12.3. The molecule has 0 atom stereocenters. The number of hydrogen-bond acceptors (Lipinski definition) is 3. The first kappa shape index (κ1) is 14.9. The molecule has 0 aliphatic rings. The third-order valence-corrected chi connectivity index (χ3v) is 3.69. The Morgan fingerprint density at radius 2 is 1.95 bits per heavy atom. The molecule has 0 bridgehead atoms. The summed E-state index contributed by atoms with van der Waals surface area (Å²) in [5, 5.41) is 3.11. The van der Waals surface area contributed by atoms with E-state index in [2.05, 4.69) is 11.4 Å². The third-order valence-electron chi connectivity index (χ3n) is 2.71. The van der Waals surface area contributed by atoms with Gasteiger partial charge in [0.2, 0.25) is 0 Å². The Balaban J connectivity index is 1.75. The van der Waals surface area contributed by atoms with E-state index in [0.29, 0.717) is 6.61 Å².